The van der Waals surface area contributed by atoms with E-state index < -0.39 is 10.8 Å². The third-order valence-corrected chi connectivity index (χ3v) is 5.66. The van der Waals surface area contributed by atoms with Crippen LogP contribution < -0.4 is 0 Å². The molecule has 4 heteroatoms. The van der Waals surface area contributed by atoms with Gasteiger partial charge in [0.2, 0.25) is 5.90 Å². The molecule has 24 heavy (non-hydrogen) atoms. The van der Waals surface area contributed by atoms with E-state index in [9.17, 15) is 4.21 Å². The molecule has 1 heterocycles. The van der Waals surface area contributed by atoms with Crippen LogP contribution in [0.15, 0.2) is 63.3 Å². The molecular weight excluding hydrogens is 318 g/mol. The summed E-state index contributed by atoms with van der Waals surface area (Å²) < 4.78 is 18.9. The lowest BCUT2D eigenvalue weighted by molar-refractivity contribution is 0.235. The zero-order valence-electron chi connectivity index (χ0n) is 14.6. The number of hydrogen-bond donors (Lipinski definition) is 0. The molecule has 0 N–H and O–H groups in total. The van der Waals surface area contributed by atoms with Gasteiger partial charge in [0.15, 0.2) is 0 Å². The Labute approximate surface area is 146 Å². The first kappa shape index (κ1) is 16.9. The number of hydrogen-bond acceptors (Lipinski definition) is 3. The van der Waals surface area contributed by atoms with Gasteiger partial charge in [-0.1, -0.05) is 50.6 Å². The van der Waals surface area contributed by atoms with Crippen molar-refractivity contribution < 1.29 is 8.95 Å². The summed E-state index contributed by atoms with van der Waals surface area (Å²) in [4.78, 5) is 6.28. The van der Waals surface area contributed by atoms with Crippen LogP contribution in [-0.4, -0.2) is 22.8 Å². The Balaban J connectivity index is 1.97. The summed E-state index contributed by atoms with van der Waals surface area (Å²) >= 11 is 0. The van der Waals surface area contributed by atoms with Gasteiger partial charge in [-0.05, 0) is 36.6 Å². The summed E-state index contributed by atoms with van der Waals surface area (Å²) in [6.45, 7) is 9.07. The zero-order valence-corrected chi connectivity index (χ0v) is 15.4. The predicted molar refractivity (Wildman–Crippen MR) is 98.0 cm³/mol. The normalized spacial score (nSPS) is 18.8. The molecule has 0 saturated heterocycles. The first-order chi connectivity index (χ1) is 11.4. The van der Waals surface area contributed by atoms with Gasteiger partial charge in [0.1, 0.15) is 6.61 Å². The van der Waals surface area contributed by atoms with Crippen molar-refractivity contribution in [1.82, 2.24) is 0 Å². The first-order valence-electron chi connectivity index (χ1n) is 8.15. The molecule has 2 aromatic carbocycles. The van der Waals surface area contributed by atoms with Gasteiger partial charge < -0.3 is 4.74 Å². The lowest BCUT2D eigenvalue weighted by Gasteiger charge is -2.21. The van der Waals surface area contributed by atoms with Gasteiger partial charge >= 0.3 is 0 Å². The topological polar surface area (TPSA) is 38.7 Å². The van der Waals surface area contributed by atoms with E-state index in [0.717, 1.165) is 20.9 Å². The Kier molecular flexibility index (Phi) is 4.59. The number of rotatable bonds is 3. The summed E-state index contributed by atoms with van der Waals surface area (Å²) in [5, 5.41) is 0. The van der Waals surface area contributed by atoms with E-state index in [1.165, 1.54) is 0 Å². The van der Waals surface area contributed by atoms with E-state index in [0.29, 0.717) is 12.5 Å². The fourth-order valence-electron chi connectivity index (χ4n) is 2.56. The summed E-state index contributed by atoms with van der Waals surface area (Å²) in [5.41, 5.74) is 2.02. The first-order valence-corrected chi connectivity index (χ1v) is 9.29. The lowest BCUT2D eigenvalue weighted by Crippen LogP contribution is -2.25. The van der Waals surface area contributed by atoms with Crippen LogP contribution in [0.5, 0.6) is 0 Å². The zero-order chi connectivity index (χ0) is 17.3. The van der Waals surface area contributed by atoms with Crippen molar-refractivity contribution in [2.45, 2.75) is 43.5 Å². The molecule has 0 fully saturated rings. The van der Waals surface area contributed by atoms with Gasteiger partial charge in [-0.25, -0.2) is 9.20 Å². The van der Waals surface area contributed by atoms with Crippen LogP contribution in [0.4, 0.5) is 0 Å². The van der Waals surface area contributed by atoms with E-state index in [1.54, 1.807) is 0 Å². The van der Waals surface area contributed by atoms with Crippen LogP contribution in [0, 0.1) is 12.3 Å². The second-order valence-corrected chi connectivity index (χ2v) is 8.65. The van der Waals surface area contributed by atoms with Crippen molar-refractivity contribution in [1.29, 1.82) is 0 Å². The maximum atomic E-state index is 13.0. The minimum absolute atomic E-state index is 0.0484. The third-order valence-electron chi connectivity index (χ3n) is 4.20. The minimum atomic E-state index is -1.26. The monoisotopic (exact) mass is 341 g/mol. The molecule has 3 nitrogen and oxygen atoms in total. The number of ether oxygens (including phenoxy) is 1. The SMILES string of the molecule is Cc1ccc([S@@](=O)c2ccccc2C2=N[C@H](C(C)(C)C)CO2)cc1. The molecule has 2 aromatic rings. The summed E-state index contributed by atoms with van der Waals surface area (Å²) in [7, 11) is -1.26. The molecule has 0 aromatic heterocycles. The molecule has 0 saturated carbocycles. The maximum Gasteiger partial charge on any atom is 0.217 e. The molecule has 2 atom stereocenters. The van der Waals surface area contributed by atoms with Crippen molar-refractivity contribution >= 4 is 16.7 Å². The van der Waals surface area contributed by atoms with E-state index in [-0.39, 0.29) is 11.5 Å². The van der Waals surface area contributed by atoms with Gasteiger partial charge in [-0.15, -0.1) is 0 Å². The Morgan fingerprint density at radius 1 is 1.08 bits per heavy atom. The third kappa shape index (κ3) is 3.44. The highest BCUT2D eigenvalue weighted by molar-refractivity contribution is 7.85. The highest BCUT2D eigenvalue weighted by atomic mass is 32.2. The van der Waals surface area contributed by atoms with Crippen LogP contribution in [0.2, 0.25) is 0 Å². The number of aryl methyl sites for hydroxylation is 1. The Hall–Kier alpha value is -1.94. The maximum absolute atomic E-state index is 13.0. The molecule has 3 rings (SSSR count). The molecule has 0 bridgehead atoms. The molecule has 0 unspecified atom stereocenters. The molecule has 0 radical (unpaired) electrons. The van der Waals surface area contributed by atoms with Crippen LogP contribution in [0.3, 0.4) is 0 Å². The molecule has 0 amide bonds. The minimum Gasteiger partial charge on any atom is -0.475 e. The fraction of sp³-hybridized carbons (Fsp3) is 0.350. The standard InChI is InChI=1S/C20H23NO2S/c1-14-9-11-15(12-10-14)24(22)17-8-6-5-7-16(17)19-21-18(13-23-19)20(2,3)4/h5-12,18H,13H2,1-4H3/t18-,24+/m0/s1. The highest BCUT2D eigenvalue weighted by Gasteiger charge is 2.31. The van der Waals surface area contributed by atoms with Gasteiger partial charge in [0.25, 0.3) is 0 Å². The van der Waals surface area contributed by atoms with E-state index >= 15 is 0 Å². The molecule has 0 aliphatic carbocycles. The van der Waals surface area contributed by atoms with Crippen molar-refractivity contribution in [3.05, 3.63) is 59.7 Å². The number of nitrogens with zero attached hydrogens (tertiary/aromatic N) is 1. The van der Waals surface area contributed by atoms with E-state index in [4.69, 9.17) is 9.73 Å². The molecular formula is C20H23NO2S. The Bertz CT molecular complexity index is 788. The van der Waals surface area contributed by atoms with Crippen LogP contribution in [-0.2, 0) is 15.5 Å². The quantitative estimate of drug-likeness (QED) is 0.832. The molecule has 0 spiro atoms. The highest BCUT2D eigenvalue weighted by Crippen LogP contribution is 2.29. The Morgan fingerprint density at radius 2 is 1.75 bits per heavy atom. The van der Waals surface area contributed by atoms with Crippen LogP contribution in [0.1, 0.15) is 31.9 Å². The van der Waals surface area contributed by atoms with Crippen LogP contribution in [0.25, 0.3) is 0 Å². The molecule has 126 valence electrons. The smallest absolute Gasteiger partial charge is 0.217 e. The van der Waals surface area contributed by atoms with Gasteiger partial charge in [-0.3, -0.25) is 0 Å². The summed E-state index contributed by atoms with van der Waals surface area (Å²) in [5.74, 6) is 0.603. The second kappa shape index (κ2) is 6.52. The van der Waals surface area contributed by atoms with Crippen molar-refractivity contribution in [2.75, 3.05) is 6.61 Å². The number of aliphatic imine (C=N–C) groups is 1. The van der Waals surface area contributed by atoms with Crippen LogP contribution >= 0.6 is 0 Å². The summed E-state index contributed by atoms with van der Waals surface area (Å²) in [6, 6.07) is 15.6. The van der Waals surface area contributed by atoms with Gasteiger partial charge in [0.05, 0.1) is 27.3 Å². The number of benzene rings is 2. The lowest BCUT2D eigenvalue weighted by atomic mass is 9.88. The van der Waals surface area contributed by atoms with E-state index in [2.05, 4.69) is 20.8 Å². The predicted octanol–water partition coefficient (Wildman–Crippen LogP) is 4.35. The molecule has 1 aliphatic rings. The average Bonchev–Trinajstić information content (AvgIpc) is 3.05. The van der Waals surface area contributed by atoms with Gasteiger partial charge in [-0.2, -0.15) is 0 Å². The van der Waals surface area contributed by atoms with E-state index in [1.807, 2.05) is 55.5 Å². The Morgan fingerprint density at radius 3 is 2.38 bits per heavy atom. The average molecular weight is 341 g/mol. The second-order valence-electron chi connectivity index (χ2n) is 7.21. The molecule has 1 aliphatic heterocycles. The van der Waals surface area contributed by atoms with Crippen molar-refractivity contribution in [3.63, 3.8) is 0 Å². The van der Waals surface area contributed by atoms with Crippen molar-refractivity contribution in [3.8, 4) is 0 Å². The fourth-order valence-corrected chi connectivity index (χ4v) is 3.75. The van der Waals surface area contributed by atoms with Crippen molar-refractivity contribution in [2.24, 2.45) is 10.4 Å². The largest absolute Gasteiger partial charge is 0.475 e. The summed E-state index contributed by atoms with van der Waals surface area (Å²) in [6.07, 6.45) is 0. The van der Waals surface area contributed by atoms with Gasteiger partial charge in [0, 0.05) is 4.90 Å².